The average Bonchev–Trinajstić information content (AvgIpc) is 2.42. The number of nitrogens with two attached hydrogens (primary N) is 1. The third-order valence-corrected chi connectivity index (χ3v) is 3.01. The summed E-state index contributed by atoms with van der Waals surface area (Å²) < 4.78 is 0. The van der Waals surface area contributed by atoms with E-state index in [1.165, 1.54) is 24.2 Å². The second-order valence-corrected chi connectivity index (χ2v) is 4.43. The summed E-state index contributed by atoms with van der Waals surface area (Å²) in [6.45, 7) is 3.25. The summed E-state index contributed by atoms with van der Waals surface area (Å²) in [5.41, 5.74) is 8.98. The Morgan fingerprint density at radius 3 is 2.11 bits per heavy atom. The van der Waals surface area contributed by atoms with Gasteiger partial charge in [0.15, 0.2) is 0 Å². The molecule has 0 unspecified atom stereocenters. The summed E-state index contributed by atoms with van der Waals surface area (Å²) in [6.07, 6.45) is 2.37. The van der Waals surface area contributed by atoms with Crippen molar-refractivity contribution >= 4 is 17.1 Å². The van der Waals surface area contributed by atoms with E-state index in [4.69, 9.17) is 5.73 Å². The highest BCUT2D eigenvalue weighted by Crippen LogP contribution is 2.26. The standard InChI is InChI=1S/C16H20N2/c1-2-3-13-18(15-7-5-4-6-8-15)16-11-9-14(17)10-12-16/h4-12H,2-3,13,17H2,1H3. The van der Waals surface area contributed by atoms with E-state index < -0.39 is 0 Å². The van der Waals surface area contributed by atoms with Crippen molar-refractivity contribution in [3.05, 3.63) is 54.6 Å². The van der Waals surface area contributed by atoms with Gasteiger partial charge >= 0.3 is 0 Å². The van der Waals surface area contributed by atoms with Crippen molar-refractivity contribution in [2.24, 2.45) is 0 Å². The summed E-state index contributed by atoms with van der Waals surface area (Å²) >= 11 is 0. The van der Waals surface area contributed by atoms with Crippen molar-refractivity contribution < 1.29 is 0 Å². The van der Waals surface area contributed by atoms with Crippen molar-refractivity contribution in [1.29, 1.82) is 0 Å². The van der Waals surface area contributed by atoms with Gasteiger partial charge < -0.3 is 10.6 Å². The summed E-state index contributed by atoms with van der Waals surface area (Å²) in [5.74, 6) is 0. The van der Waals surface area contributed by atoms with Crippen LogP contribution in [0.4, 0.5) is 17.1 Å². The van der Waals surface area contributed by atoms with Crippen molar-refractivity contribution in [3.63, 3.8) is 0 Å². The lowest BCUT2D eigenvalue weighted by Crippen LogP contribution is -2.18. The van der Waals surface area contributed by atoms with Gasteiger partial charge in [-0.1, -0.05) is 31.5 Å². The number of nitrogen functional groups attached to an aromatic ring is 1. The van der Waals surface area contributed by atoms with E-state index in [0.717, 1.165) is 12.2 Å². The number of benzene rings is 2. The number of hydrogen-bond acceptors (Lipinski definition) is 2. The fraction of sp³-hybridized carbons (Fsp3) is 0.250. The topological polar surface area (TPSA) is 29.3 Å². The summed E-state index contributed by atoms with van der Waals surface area (Å²) in [7, 11) is 0. The molecule has 2 N–H and O–H groups in total. The molecule has 2 aromatic carbocycles. The molecule has 2 nitrogen and oxygen atoms in total. The zero-order chi connectivity index (χ0) is 12.8. The zero-order valence-corrected chi connectivity index (χ0v) is 10.8. The Morgan fingerprint density at radius 1 is 0.889 bits per heavy atom. The van der Waals surface area contributed by atoms with E-state index >= 15 is 0 Å². The van der Waals surface area contributed by atoms with Crippen LogP contribution in [0.3, 0.4) is 0 Å². The van der Waals surface area contributed by atoms with Gasteiger partial charge in [-0.15, -0.1) is 0 Å². The first-order valence-electron chi connectivity index (χ1n) is 6.49. The minimum Gasteiger partial charge on any atom is -0.399 e. The molecule has 0 aromatic heterocycles. The summed E-state index contributed by atoms with van der Waals surface area (Å²) in [6, 6.07) is 18.6. The first-order chi connectivity index (χ1) is 8.81. The van der Waals surface area contributed by atoms with E-state index in [-0.39, 0.29) is 0 Å². The highest BCUT2D eigenvalue weighted by Gasteiger charge is 2.07. The van der Waals surface area contributed by atoms with Crippen LogP contribution in [0.2, 0.25) is 0 Å². The van der Waals surface area contributed by atoms with Gasteiger partial charge in [-0.05, 0) is 42.8 Å². The molecule has 18 heavy (non-hydrogen) atoms. The van der Waals surface area contributed by atoms with Crippen LogP contribution in [0.25, 0.3) is 0 Å². The van der Waals surface area contributed by atoms with Crippen LogP contribution in [0.15, 0.2) is 54.6 Å². The Bertz CT molecular complexity index is 462. The average molecular weight is 240 g/mol. The minimum atomic E-state index is 0.808. The van der Waals surface area contributed by atoms with Crippen LogP contribution in [0.5, 0.6) is 0 Å². The van der Waals surface area contributed by atoms with Crippen LogP contribution < -0.4 is 10.6 Å². The largest absolute Gasteiger partial charge is 0.399 e. The SMILES string of the molecule is CCCCN(c1ccccc1)c1ccc(N)cc1. The van der Waals surface area contributed by atoms with Gasteiger partial charge in [-0.2, -0.15) is 0 Å². The first kappa shape index (κ1) is 12.5. The van der Waals surface area contributed by atoms with Crippen molar-refractivity contribution in [2.45, 2.75) is 19.8 Å². The Morgan fingerprint density at radius 2 is 1.50 bits per heavy atom. The number of anilines is 3. The Kier molecular flexibility index (Phi) is 4.24. The Hall–Kier alpha value is -1.96. The predicted octanol–water partition coefficient (Wildman–Crippen LogP) is 4.21. The zero-order valence-electron chi connectivity index (χ0n) is 10.8. The quantitative estimate of drug-likeness (QED) is 0.793. The third kappa shape index (κ3) is 3.04. The smallest absolute Gasteiger partial charge is 0.0412 e. The van der Waals surface area contributed by atoms with Gasteiger partial charge in [-0.25, -0.2) is 0 Å². The molecule has 0 aliphatic rings. The summed E-state index contributed by atoms with van der Waals surface area (Å²) in [5, 5.41) is 0. The molecule has 0 saturated carbocycles. The molecule has 0 bridgehead atoms. The molecule has 2 aromatic rings. The lowest BCUT2D eigenvalue weighted by Gasteiger charge is -2.25. The van der Waals surface area contributed by atoms with E-state index in [0.29, 0.717) is 0 Å². The van der Waals surface area contributed by atoms with Crippen molar-refractivity contribution in [3.8, 4) is 0 Å². The normalized spacial score (nSPS) is 10.3. The van der Waals surface area contributed by atoms with Gasteiger partial charge in [-0.3, -0.25) is 0 Å². The maximum atomic E-state index is 5.75. The number of rotatable bonds is 5. The van der Waals surface area contributed by atoms with Gasteiger partial charge in [0.25, 0.3) is 0 Å². The van der Waals surface area contributed by atoms with Gasteiger partial charge in [0.2, 0.25) is 0 Å². The molecular weight excluding hydrogens is 220 g/mol. The number of nitrogens with zero attached hydrogens (tertiary/aromatic N) is 1. The van der Waals surface area contributed by atoms with Crippen molar-refractivity contribution in [2.75, 3.05) is 17.2 Å². The van der Waals surface area contributed by atoms with Crippen molar-refractivity contribution in [1.82, 2.24) is 0 Å². The Balaban J connectivity index is 2.27. The van der Waals surface area contributed by atoms with Crippen LogP contribution >= 0.6 is 0 Å². The van der Waals surface area contributed by atoms with Gasteiger partial charge in [0, 0.05) is 23.6 Å². The van der Waals surface area contributed by atoms with Crippen LogP contribution in [0.1, 0.15) is 19.8 Å². The van der Waals surface area contributed by atoms with Crippen LogP contribution in [-0.2, 0) is 0 Å². The molecule has 94 valence electrons. The summed E-state index contributed by atoms with van der Waals surface area (Å²) in [4.78, 5) is 2.34. The predicted molar refractivity (Wildman–Crippen MR) is 79.2 cm³/mol. The van der Waals surface area contributed by atoms with Crippen LogP contribution in [0, 0.1) is 0 Å². The molecule has 0 fully saturated rings. The second-order valence-electron chi connectivity index (χ2n) is 4.43. The molecule has 0 atom stereocenters. The number of para-hydroxylation sites is 1. The maximum absolute atomic E-state index is 5.75. The fourth-order valence-electron chi connectivity index (χ4n) is 1.99. The number of hydrogen-bond donors (Lipinski definition) is 1. The molecule has 2 rings (SSSR count). The van der Waals surface area contributed by atoms with Crippen LogP contribution in [-0.4, -0.2) is 6.54 Å². The lowest BCUT2D eigenvalue weighted by atomic mass is 10.2. The van der Waals surface area contributed by atoms with E-state index in [9.17, 15) is 0 Å². The van der Waals surface area contributed by atoms with Gasteiger partial charge in [0.1, 0.15) is 0 Å². The molecule has 0 aliphatic carbocycles. The van der Waals surface area contributed by atoms with E-state index in [1.54, 1.807) is 0 Å². The molecule has 2 heteroatoms. The first-order valence-corrected chi connectivity index (χ1v) is 6.49. The molecule has 0 heterocycles. The Labute approximate surface area is 109 Å². The number of unbranched alkanes of at least 4 members (excludes halogenated alkanes) is 1. The lowest BCUT2D eigenvalue weighted by molar-refractivity contribution is 0.786. The van der Waals surface area contributed by atoms with E-state index in [2.05, 4.69) is 48.2 Å². The fourth-order valence-corrected chi connectivity index (χ4v) is 1.99. The van der Waals surface area contributed by atoms with E-state index in [1.807, 2.05) is 18.2 Å². The minimum absolute atomic E-state index is 0.808. The monoisotopic (exact) mass is 240 g/mol. The molecular formula is C16H20N2. The van der Waals surface area contributed by atoms with Gasteiger partial charge in [0.05, 0.1) is 0 Å². The molecule has 0 spiro atoms. The second kappa shape index (κ2) is 6.10. The molecule has 0 amide bonds. The molecule has 0 radical (unpaired) electrons. The third-order valence-electron chi connectivity index (χ3n) is 3.01. The highest BCUT2D eigenvalue weighted by atomic mass is 15.1. The highest BCUT2D eigenvalue weighted by molar-refractivity contribution is 5.64. The molecule has 0 saturated heterocycles. The molecule has 0 aliphatic heterocycles. The maximum Gasteiger partial charge on any atom is 0.0412 e.